The third-order valence-corrected chi connectivity index (χ3v) is 5.44. The normalized spacial score (nSPS) is 19.3. The Bertz CT molecular complexity index is 741. The molecule has 1 aromatic rings. The van der Waals surface area contributed by atoms with E-state index in [0.717, 1.165) is 44.2 Å². The topological polar surface area (TPSA) is 73.0 Å². The Labute approximate surface area is 160 Å². The van der Waals surface area contributed by atoms with Crippen molar-refractivity contribution in [1.82, 2.24) is 20.0 Å². The molecule has 146 valence electrons. The van der Waals surface area contributed by atoms with E-state index in [0.29, 0.717) is 29.2 Å². The summed E-state index contributed by atoms with van der Waals surface area (Å²) in [5.74, 6) is -0.552. The number of hydrogen-bond donors (Lipinski definition) is 1. The van der Waals surface area contributed by atoms with Gasteiger partial charge in [-0.2, -0.15) is 0 Å². The quantitative estimate of drug-likeness (QED) is 0.752. The smallest absolute Gasteiger partial charge is 0.261 e. The minimum absolute atomic E-state index is 0.213. The SMILES string of the molecule is CCN1CCN(C[C@@H](C)CNC(=O)c2ccc3c(c2)C(=O)N(C)C3=O)CC1. The third-order valence-electron chi connectivity index (χ3n) is 5.44. The number of piperazine rings is 1. The highest BCUT2D eigenvalue weighted by Crippen LogP contribution is 2.22. The number of carbonyl (C=O) groups is 3. The Morgan fingerprint density at radius 3 is 2.37 bits per heavy atom. The van der Waals surface area contributed by atoms with E-state index in [-0.39, 0.29) is 17.7 Å². The van der Waals surface area contributed by atoms with E-state index in [1.807, 2.05) is 0 Å². The fourth-order valence-electron chi connectivity index (χ4n) is 3.66. The van der Waals surface area contributed by atoms with E-state index in [4.69, 9.17) is 0 Å². The Hall–Kier alpha value is -2.25. The lowest BCUT2D eigenvalue weighted by Gasteiger charge is -2.35. The van der Waals surface area contributed by atoms with Crippen molar-refractivity contribution in [2.75, 3.05) is 52.9 Å². The monoisotopic (exact) mass is 372 g/mol. The van der Waals surface area contributed by atoms with Crippen LogP contribution in [0.25, 0.3) is 0 Å². The predicted octanol–water partition coefficient (Wildman–Crippen LogP) is 0.916. The molecule has 0 spiro atoms. The summed E-state index contributed by atoms with van der Waals surface area (Å²) in [5.41, 5.74) is 1.07. The minimum atomic E-state index is -0.357. The molecular formula is C20H28N4O3. The molecule has 0 saturated carbocycles. The van der Waals surface area contributed by atoms with Crippen LogP contribution in [0.15, 0.2) is 18.2 Å². The van der Waals surface area contributed by atoms with Gasteiger partial charge < -0.3 is 15.1 Å². The molecule has 1 saturated heterocycles. The van der Waals surface area contributed by atoms with Crippen molar-refractivity contribution >= 4 is 17.7 Å². The van der Waals surface area contributed by atoms with Gasteiger partial charge in [-0.05, 0) is 30.7 Å². The van der Waals surface area contributed by atoms with E-state index in [2.05, 4.69) is 29.0 Å². The van der Waals surface area contributed by atoms with Crippen LogP contribution in [0.4, 0.5) is 0 Å². The van der Waals surface area contributed by atoms with Gasteiger partial charge in [-0.1, -0.05) is 13.8 Å². The Morgan fingerprint density at radius 1 is 1.07 bits per heavy atom. The molecule has 7 heteroatoms. The zero-order valence-corrected chi connectivity index (χ0v) is 16.3. The predicted molar refractivity (Wildman–Crippen MR) is 103 cm³/mol. The summed E-state index contributed by atoms with van der Waals surface area (Å²) in [7, 11) is 1.45. The number of imide groups is 1. The average molecular weight is 372 g/mol. The molecule has 1 aromatic carbocycles. The summed E-state index contributed by atoms with van der Waals surface area (Å²) < 4.78 is 0. The second-order valence-corrected chi connectivity index (χ2v) is 7.48. The van der Waals surface area contributed by atoms with E-state index in [1.165, 1.54) is 13.1 Å². The minimum Gasteiger partial charge on any atom is -0.352 e. The van der Waals surface area contributed by atoms with Gasteiger partial charge >= 0.3 is 0 Å². The summed E-state index contributed by atoms with van der Waals surface area (Å²) in [4.78, 5) is 42.4. The first-order chi connectivity index (χ1) is 12.9. The first-order valence-corrected chi connectivity index (χ1v) is 9.60. The molecule has 0 unspecified atom stereocenters. The van der Waals surface area contributed by atoms with Crippen LogP contribution < -0.4 is 5.32 Å². The maximum Gasteiger partial charge on any atom is 0.261 e. The Balaban J connectivity index is 1.51. The van der Waals surface area contributed by atoms with Crippen LogP contribution in [0, 0.1) is 5.92 Å². The number of nitrogens with one attached hydrogen (secondary N) is 1. The first-order valence-electron chi connectivity index (χ1n) is 9.60. The Morgan fingerprint density at radius 2 is 1.70 bits per heavy atom. The van der Waals surface area contributed by atoms with Gasteiger partial charge in [-0.3, -0.25) is 19.3 Å². The van der Waals surface area contributed by atoms with Crippen LogP contribution in [-0.2, 0) is 0 Å². The van der Waals surface area contributed by atoms with Crippen molar-refractivity contribution in [1.29, 1.82) is 0 Å². The lowest BCUT2D eigenvalue weighted by atomic mass is 10.0. The van der Waals surface area contributed by atoms with Crippen molar-refractivity contribution in [3.63, 3.8) is 0 Å². The summed E-state index contributed by atoms with van der Waals surface area (Å²) in [6.07, 6.45) is 0. The molecule has 3 rings (SSSR count). The summed E-state index contributed by atoms with van der Waals surface area (Å²) >= 11 is 0. The second-order valence-electron chi connectivity index (χ2n) is 7.48. The van der Waals surface area contributed by atoms with Gasteiger partial charge in [0, 0.05) is 51.9 Å². The van der Waals surface area contributed by atoms with E-state index < -0.39 is 0 Å². The van der Waals surface area contributed by atoms with Crippen LogP contribution in [0.5, 0.6) is 0 Å². The second kappa shape index (κ2) is 8.19. The molecule has 3 amide bonds. The summed E-state index contributed by atoms with van der Waals surface area (Å²) in [5, 5.41) is 2.95. The largest absolute Gasteiger partial charge is 0.352 e. The number of hydrogen-bond acceptors (Lipinski definition) is 5. The average Bonchev–Trinajstić information content (AvgIpc) is 2.90. The molecule has 2 aliphatic rings. The number of fused-ring (bicyclic) bond motifs is 1. The molecular weight excluding hydrogens is 344 g/mol. The fourth-order valence-corrected chi connectivity index (χ4v) is 3.66. The maximum absolute atomic E-state index is 12.5. The molecule has 1 fully saturated rings. The highest BCUT2D eigenvalue weighted by molar-refractivity contribution is 6.21. The molecule has 0 radical (unpaired) electrons. The van der Waals surface area contributed by atoms with Crippen LogP contribution >= 0.6 is 0 Å². The van der Waals surface area contributed by atoms with Gasteiger partial charge in [0.2, 0.25) is 0 Å². The molecule has 2 heterocycles. The molecule has 7 nitrogen and oxygen atoms in total. The maximum atomic E-state index is 12.5. The number of benzene rings is 1. The standard InChI is InChI=1S/C20H28N4O3/c1-4-23-7-9-24(10-8-23)13-14(2)12-21-18(25)15-5-6-16-17(11-15)20(27)22(3)19(16)26/h5-6,11,14H,4,7-10,12-13H2,1-3H3,(H,21,25)/t14-/m0/s1. The van der Waals surface area contributed by atoms with Crippen molar-refractivity contribution in [3.8, 4) is 0 Å². The van der Waals surface area contributed by atoms with Gasteiger partial charge in [-0.15, -0.1) is 0 Å². The van der Waals surface area contributed by atoms with Crippen LogP contribution in [-0.4, -0.2) is 85.3 Å². The zero-order valence-electron chi connectivity index (χ0n) is 16.3. The molecule has 0 bridgehead atoms. The molecule has 0 aliphatic carbocycles. The summed E-state index contributed by atoms with van der Waals surface area (Å²) in [6.45, 7) is 11.3. The third kappa shape index (κ3) is 4.20. The van der Waals surface area contributed by atoms with Gasteiger partial charge in [0.15, 0.2) is 0 Å². The highest BCUT2D eigenvalue weighted by atomic mass is 16.2. The van der Waals surface area contributed by atoms with Gasteiger partial charge in [0.25, 0.3) is 17.7 Å². The van der Waals surface area contributed by atoms with E-state index in [9.17, 15) is 14.4 Å². The van der Waals surface area contributed by atoms with Crippen LogP contribution in [0.2, 0.25) is 0 Å². The van der Waals surface area contributed by atoms with E-state index in [1.54, 1.807) is 12.1 Å². The number of rotatable bonds is 6. The van der Waals surface area contributed by atoms with E-state index >= 15 is 0 Å². The van der Waals surface area contributed by atoms with Gasteiger partial charge in [0.1, 0.15) is 0 Å². The van der Waals surface area contributed by atoms with Gasteiger partial charge in [0.05, 0.1) is 11.1 Å². The lowest BCUT2D eigenvalue weighted by Crippen LogP contribution is -2.48. The Kier molecular flexibility index (Phi) is 5.92. The van der Waals surface area contributed by atoms with Gasteiger partial charge in [-0.25, -0.2) is 0 Å². The number of nitrogens with zero attached hydrogens (tertiary/aromatic N) is 3. The molecule has 2 aliphatic heterocycles. The number of carbonyl (C=O) groups excluding carboxylic acids is 3. The first kappa shape index (κ1) is 19.5. The summed E-state index contributed by atoms with van der Waals surface area (Å²) in [6, 6.07) is 4.68. The number of amides is 3. The molecule has 0 aromatic heterocycles. The van der Waals surface area contributed by atoms with Crippen LogP contribution in [0.1, 0.15) is 44.9 Å². The zero-order chi connectivity index (χ0) is 19.6. The van der Waals surface area contributed by atoms with Crippen molar-refractivity contribution in [2.45, 2.75) is 13.8 Å². The van der Waals surface area contributed by atoms with Crippen LogP contribution in [0.3, 0.4) is 0 Å². The van der Waals surface area contributed by atoms with Crippen molar-refractivity contribution in [2.24, 2.45) is 5.92 Å². The van der Waals surface area contributed by atoms with Crippen molar-refractivity contribution in [3.05, 3.63) is 34.9 Å². The molecule has 1 atom stereocenters. The lowest BCUT2D eigenvalue weighted by molar-refractivity contribution is 0.0693. The highest BCUT2D eigenvalue weighted by Gasteiger charge is 2.33. The molecule has 1 N–H and O–H groups in total. The number of likely N-dealkylation sites (N-methyl/N-ethyl adjacent to an activating group) is 1. The van der Waals surface area contributed by atoms with Crippen molar-refractivity contribution < 1.29 is 14.4 Å². The molecule has 27 heavy (non-hydrogen) atoms. The fraction of sp³-hybridized carbons (Fsp3) is 0.550.